The maximum Gasteiger partial charge on any atom is 0.317 e. The van der Waals surface area contributed by atoms with E-state index in [-0.39, 0.29) is 0 Å². The van der Waals surface area contributed by atoms with E-state index in [9.17, 15) is 0 Å². The van der Waals surface area contributed by atoms with Crippen LogP contribution in [-0.2, 0) is 17.6 Å². The van der Waals surface area contributed by atoms with E-state index in [0.29, 0.717) is 12.6 Å². The van der Waals surface area contributed by atoms with Crippen molar-refractivity contribution in [3.63, 3.8) is 0 Å². The van der Waals surface area contributed by atoms with Gasteiger partial charge in [-0.05, 0) is 61.8 Å². The number of rotatable bonds is 1. The number of hydrogen-bond donors (Lipinski definition) is 0. The molecule has 18 heavy (non-hydrogen) atoms. The molecule has 3 rings (SSSR count). The van der Waals surface area contributed by atoms with Crippen LogP contribution in [0.15, 0.2) is 16.1 Å². The molecule has 0 bridgehead atoms. The summed E-state index contributed by atoms with van der Waals surface area (Å²) >= 11 is 0. The molecule has 0 N–H and O–H groups in total. The van der Waals surface area contributed by atoms with Gasteiger partial charge < -0.3 is 4.74 Å². The van der Waals surface area contributed by atoms with Crippen LogP contribution in [-0.4, -0.2) is 18.8 Å². The standard InChI is InChI=1S/C15H18N2O/c1-10-9-12-5-3-4-6-13(12)14(11(10)2)17-15-16-7-8-18-15/h7,9H,3-6,8H2,1-2H3. The Morgan fingerprint density at radius 3 is 2.83 bits per heavy atom. The van der Waals surface area contributed by atoms with E-state index in [4.69, 9.17) is 4.74 Å². The van der Waals surface area contributed by atoms with E-state index in [0.717, 1.165) is 12.1 Å². The largest absolute Gasteiger partial charge is 0.458 e. The van der Waals surface area contributed by atoms with E-state index >= 15 is 0 Å². The normalized spacial score (nSPS) is 20.0. The Balaban J connectivity index is 2.14. The Morgan fingerprint density at radius 2 is 2.06 bits per heavy atom. The summed E-state index contributed by atoms with van der Waals surface area (Å²) in [6, 6.07) is 2.84. The first kappa shape index (κ1) is 11.5. The van der Waals surface area contributed by atoms with Crippen molar-refractivity contribution in [2.75, 3.05) is 6.61 Å². The van der Waals surface area contributed by atoms with Gasteiger partial charge in [-0.2, -0.15) is 4.99 Å². The van der Waals surface area contributed by atoms with E-state index in [1.165, 1.54) is 41.5 Å². The zero-order valence-electron chi connectivity index (χ0n) is 11.0. The SMILES string of the molecule is Cc1cc2c(c(N=C3N=CCO3)c1C)CCCC2. The summed E-state index contributed by atoms with van der Waals surface area (Å²) < 4.78 is 5.37. The summed E-state index contributed by atoms with van der Waals surface area (Å²) in [6.07, 6.45) is 6.62. The topological polar surface area (TPSA) is 34.0 Å². The van der Waals surface area contributed by atoms with Gasteiger partial charge in [0.1, 0.15) is 6.61 Å². The fraction of sp³-hybridized carbons (Fsp3) is 0.467. The number of benzene rings is 1. The van der Waals surface area contributed by atoms with Crippen LogP contribution in [0.4, 0.5) is 5.69 Å². The first-order valence-electron chi connectivity index (χ1n) is 6.61. The third-order valence-electron chi connectivity index (χ3n) is 3.83. The minimum Gasteiger partial charge on any atom is -0.458 e. The lowest BCUT2D eigenvalue weighted by atomic mass is 9.87. The van der Waals surface area contributed by atoms with Crippen LogP contribution < -0.4 is 0 Å². The van der Waals surface area contributed by atoms with Crippen molar-refractivity contribution in [2.45, 2.75) is 39.5 Å². The zero-order valence-corrected chi connectivity index (χ0v) is 11.0. The molecule has 94 valence electrons. The molecule has 3 nitrogen and oxygen atoms in total. The highest BCUT2D eigenvalue weighted by Crippen LogP contribution is 2.35. The maximum absolute atomic E-state index is 5.37. The van der Waals surface area contributed by atoms with Gasteiger partial charge in [0.2, 0.25) is 0 Å². The average molecular weight is 242 g/mol. The lowest BCUT2D eigenvalue weighted by Crippen LogP contribution is -2.06. The molecule has 0 fully saturated rings. The lowest BCUT2D eigenvalue weighted by molar-refractivity contribution is 0.377. The number of amidine groups is 1. The Morgan fingerprint density at radius 1 is 1.22 bits per heavy atom. The summed E-state index contributed by atoms with van der Waals surface area (Å²) in [6.45, 7) is 4.85. The van der Waals surface area contributed by atoms with Gasteiger partial charge in [0, 0.05) is 6.21 Å². The van der Waals surface area contributed by atoms with Crippen LogP contribution >= 0.6 is 0 Å². The van der Waals surface area contributed by atoms with E-state index in [1.54, 1.807) is 6.21 Å². The summed E-state index contributed by atoms with van der Waals surface area (Å²) in [5, 5.41) is 0. The second kappa shape index (κ2) is 4.56. The van der Waals surface area contributed by atoms with Crippen molar-refractivity contribution in [3.8, 4) is 0 Å². The van der Waals surface area contributed by atoms with Crippen molar-refractivity contribution in [1.29, 1.82) is 0 Å². The van der Waals surface area contributed by atoms with Gasteiger partial charge >= 0.3 is 6.02 Å². The molecule has 0 unspecified atom stereocenters. The third kappa shape index (κ3) is 1.94. The van der Waals surface area contributed by atoms with E-state index in [2.05, 4.69) is 29.9 Å². The predicted molar refractivity (Wildman–Crippen MR) is 74.1 cm³/mol. The first-order chi connectivity index (χ1) is 8.75. The van der Waals surface area contributed by atoms with Gasteiger partial charge in [-0.15, -0.1) is 0 Å². The average Bonchev–Trinajstić information content (AvgIpc) is 2.88. The fourth-order valence-corrected chi connectivity index (χ4v) is 2.71. The van der Waals surface area contributed by atoms with Crippen molar-refractivity contribution in [2.24, 2.45) is 9.98 Å². The van der Waals surface area contributed by atoms with Crippen LogP contribution in [0.25, 0.3) is 0 Å². The number of ether oxygens (including phenoxy) is 1. The number of hydrogen-bond acceptors (Lipinski definition) is 2. The van der Waals surface area contributed by atoms with Crippen LogP contribution in [0.1, 0.15) is 35.1 Å². The second-order valence-corrected chi connectivity index (χ2v) is 5.03. The van der Waals surface area contributed by atoms with Crippen molar-refractivity contribution in [3.05, 3.63) is 28.3 Å². The molecule has 1 aliphatic carbocycles. The number of aliphatic imine (C=N–C) groups is 2. The van der Waals surface area contributed by atoms with Crippen molar-refractivity contribution in [1.82, 2.24) is 0 Å². The van der Waals surface area contributed by atoms with Crippen molar-refractivity contribution >= 4 is 17.9 Å². The van der Waals surface area contributed by atoms with Gasteiger partial charge in [0.15, 0.2) is 0 Å². The first-order valence-corrected chi connectivity index (χ1v) is 6.61. The molecule has 0 saturated heterocycles. The van der Waals surface area contributed by atoms with Crippen LogP contribution in [0.3, 0.4) is 0 Å². The molecule has 0 atom stereocenters. The molecule has 0 spiro atoms. The van der Waals surface area contributed by atoms with Crippen LogP contribution in [0.2, 0.25) is 0 Å². The number of nitrogens with zero attached hydrogens (tertiary/aromatic N) is 2. The van der Waals surface area contributed by atoms with Gasteiger partial charge in [-0.3, -0.25) is 0 Å². The van der Waals surface area contributed by atoms with Crippen molar-refractivity contribution < 1.29 is 4.74 Å². The Hall–Kier alpha value is -1.64. The summed E-state index contributed by atoms with van der Waals surface area (Å²) in [7, 11) is 0. The minimum atomic E-state index is 0.511. The Kier molecular flexibility index (Phi) is 2.90. The fourth-order valence-electron chi connectivity index (χ4n) is 2.71. The zero-order chi connectivity index (χ0) is 12.5. The monoisotopic (exact) mass is 242 g/mol. The highest BCUT2D eigenvalue weighted by atomic mass is 16.5. The van der Waals surface area contributed by atoms with E-state index < -0.39 is 0 Å². The second-order valence-electron chi connectivity index (χ2n) is 5.03. The van der Waals surface area contributed by atoms with Crippen LogP contribution in [0.5, 0.6) is 0 Å². The summed E-state index contributed by atoms with van der Waals surface area (Å²) in [5.41, 5.74) is 6.54. The Labute approximate surface area is 108 Å². The maximum atomic E-state index is 5.37. The van der Waals surface area contributed by atoms with Gasteiger partial charge in [-0.25, -0.2) is 4.99 Å². The molecule has 0 aromatic heterocycles. The number of aryl methyl sites for hydroxylation is 2. The molecule has 0 radical (unpaired) electrons. The molecule has 1 aromatic rings. The van der Waals surface area contributed by atoms with Gasteiger partial charge in [0.05, 0.1) is 5.69 Å². The third-order valence-corrected chi connectivity index (χ3v) is 3.83. The number of fused-ring (bicyclic) bond motifs is 1. The van der Waals surface area contributed by atoms with Gasteiger partial charge in [0.25, 0.3) is 0 Å². The van der Waals surface area contributed by atoms with Crippen LogP contribution in [0, 0.1) is 13.8 Å². The smallest absolute Gasteiger partial charge is 0.317 e. The summed E-state index contributed by atoms with van der Waals surface area (Å²) in [5.74, 6) is 0. The molecule has 3 heteroatoms. The molecule has 1 aromatic carbocycles. The molecular weight excluding hydrogens is 224 g/mol. The summed E-state index contributed by atoms with van der Waals surface area (Å²) in [4.78, 5) is 8.78. The quantitative estimate of drug-likeness (QED) is 0.744. The van der Waals surface area contributed by atoms with Gasteiger partial charge in [-0.1, -0.05) is 6.07 Å². The molecule has 1 heterocycles. The molecule has 1 aliphatic heterocycles. The highest BCUT2D eigenvalue weighted by Gasteiger charge is 2.18. The van der Waals surface area contributed by atoms with E-state index in [1.807, 2.05) is 0 Å². The molecule has 2 aliphatic rings. The molecule has 0 saturated carbocycles. The minimum absolute atomic E-state index is 0.511. The molecular formula is C15H18N2O. The predicted octanol–water partition coefficient (Wildman–Crippen LogP) is 3.27. The molecule has 0 amide bonds. The Bertz CT molecular complexity index is 544. The lowest BCUT2D eigenvalue weighted by Gasteiger charge is -2.20. The highest BCUT2D eigenvalue weighted by molar-refractivity contribution is 5.91.